The molecule has 0 spiro atoms. The van der Waals surface area contributed by atoms with Crippen molar-refractivity contribution in [1.29, 1.82) is 0 Å². The third-order valence-corrected chi connectivity index (χ3v) is 8.98. The van der Waals surface area contributed by atoms with Gasteiger partial charge in [-0.05, 0) is 52.9 Å². The van der Waals surface area contributed by atoms with Gasteiger partial charge in [0.1, 0.15) is 11.2 Å². The zero-order valence-electron chi connectivity index (χ0n) is 21.3. The Bertz CT molecular complexity index is 2290. The third kappa shape index (κ3) is 3.14. The van der Waals surface area contributed by atoms with E-state index in [1.54, 1.807) is 0 Å². The number of hydrogen-bond acceptors (Lipinski definition) is 4. The van der Waals surface area contributed by atoms with Gasteiger partial charge >= 0.3 is 0 Å². The van der Waals surface area contributed by atoms with Gasteiger partial charge in [-0.15, -0.1) is 0 Å². The minimum atomic E-state index is 0.862. The molecule has 1 aliphatic heterocycles. The summed E-state index contributed by atoms with van der Waals surface area (Å²) in [6.45, 7) is 0. The van der Waals surface area contributed by atoms with E-state index < -0.39 is 0 Å². The zero-order chi connectivity index (χ0) is 26.2. The number of para-hydroxylation sites is 2. The topological polar surface area (TPSA) is 38.9 Å². The van der Waals surface area contributed by atoms with E-state index in [1.165, 1.54) is 42.5 Å². The number of nitrogens with zero attached hydrogens (tertiary/aromatic N) is 2. The minimum Gasteiger partial charge on any atom is -0.456 e. The van der Waals surface area contributed by atoms with Crippen molar-refractivity contribution in [2.24, 2.45) is 0 Å². The van der Waals surface area contributed by atoms with Crippen LogP contribution in [0, 0.1) is 0 Å². The van der Waals surface area contributed by atoms with E-state index in [4.69, 9.17) is 14.4 Å². The van der Waals surface area contributed by atoms with E-state index >= 15 is 0 Å². The Morgan fingerprint density at radius 3 is 1.93 bits per heavy atom. The molecule has 0 fully saturated rings. The van der Waals surface area contributed by atoms with Crippen LogP contribution in [0.15, 0.2) is 136 Å². The molecule has 0 aliphatic carbocycles. The molecule has 0 saturated carbocycles. The molecule has 1 aliphatic rings. The molecule has 9 rings (SSSR count). The highest BCUT2D eigenvalue weighted by Gasteiger charge is 2.25. The van der Waals surface area contributed by atoms with Crippen molar-refractivity contribution >= 4 is 55.5 Å². The second-order valence-electron chi connectivity index (χ2n) is 10.2. The van der Waals surface area contributed by atoms with Gasteiger partial charge in [-0.1, -0.05) is 96.7 Å². The highest BCUT2D eigenvalue weighted by atomic mass is 32.2. The van der Waals surface area contributed by atoms with Gasteiger partial charge in [-0.3, -0.25) is 0 Å². The lowest BCUT2D eigenvalue weighted by Crippen LogP contribution is -1.97. The van der Waals surface area contributed by atoms with Crippen LogP contribution in [0.2, 0.25) is 0 Å². The molecular formula is C36H20N2OS. The Balaban J connectivity index is 1.35. The average molecular weight is 529 g/mol. The first-order valence-corrected chi connectivity index (χ1v) is 14.2. The van der Waals surface area contributed by atoms with Gasteiger partial charge in [0, 0.05) is 37.1 Å². The number of aromatic nitrogens is 2. The first kappa shape index (κ1) is 21.9. The Hall–Kier alpha value is -4.93. The molecule has 3 heterocycles. The zero-order valence-corrected chi connectivity index (χ0v) is 22.1. The van der Waals surface area contributed by atoms with Crippen molar-refractivity contribution in [3.63, 3.8) is 0 Å². The summed E-state index contributed by atoms with van der Waals surface area (Å²) in [4.78, 5) is 12.9. The van der Waals surface area contributed by atoms with E-state index in [1.807, 2.05) is 42.1 Å². The van der Waals surface area contributed by atoms with Gasteiger partial charge in [-0.25, -0.2) is 9.97 Å². The predicted octanol–water partition coefficient (Wildman–Crippen LogP) is 10.1. The molecule has 0 radical (unpaired) electrons. The van der Waals surface area contributed by atoms with Gasteiger partial charge in [-0.2, -0.15) is 0 Å². The standard InChI is InChI=1S/C36H20N2OS/c1-2-8-21(9-3-1)22-16-18-23(19-17-22)35-36(38-27-12-5-4-11-26(27)37-35)25-20-29-34-32-24(25)10-6-14-30(32)40-31-15-7-13-28(39-29)33(31)34/h1-20H. The molecule has 40 heavy (non-hydrogen) atoms. The Morgan fingerprint density at radius 1 is 0.475 bits per heavy atom. The lowest BCUT2D eigenvalue weighted by Gasteiger charge is -2.17. The quantitative estimate of drug-likeness (QED) is 0.229. The molecule has 0 bridgehead atoms. The van der Waals surface area contributed by atoms with Crippen LogP contribution in [0.25, 0.3) is 77.4 Å². The van der Waals surface area contributed by atoms with E-state index in [-0.39, 0.29) is 0 Å². The van der Waals surface area contributed by atoms with Crippen LogP contribution in [0.4, 0.5) is 0 Å². The maximum atomic E-state index is 6.47. The molecule has 6 aromatic carbocycles. The summed E-state index contributed by atoms with van der Waals surface area (Å²) in [5, 5.41) is 4.81. The maximum absolute atomic E-state index is 6.47. The van der Waals surface area contributed by atoms with Crippen molar-refractivity contribution in [3.8, 4) is 33.6 Å². The summed E-state index contributed by atoms with van der Waals surface area (Å²) < 4.78 is 6.47. The SMILES string of the molecule is c1ccc(-c2ccc(-c3nc4ccccc4nc3-c3cc4oc5cccc6c5c4c4c(cccc34)S6)cc2)cc1. The van der Waals surface area contributed by atoms with Crippen LogP contribution < -0.4 is 0 Å². The van der Waals surface area contributed by atoms with Crippen molar-refractivity contribution in [3.05, 3.63) is 121 Å². The molecule has 0 saturated heterocycles. The molecule has 0 atom stereocenters. The van der Waals surface area contributed by atoms with Crippen molar-refractivity contribution in [1.82, 2.24) is 9.97 Å². The lowest BCUT2D eigenvalue weighted by atomic mass is 9.94. The lowest BCUT2D eigenvalue weighted by molar-refractivity contribution is 0.669. The summed E-state index contributed by atoms with van der Waals surface area (Å²) in [5.41, 5.74) is 9.73. The molecule has 0 unspecified atom stereocenters. The molecule has 3 nitrogen and oxygen atoms in total. The second kappa shape index (κ2) is 8.28. The summed E-state index contributed by atoms with van der Waals surface area (Å²) >= 11 is 1.81. The molecule has 2 aromatic heterocycles. The Kier molecular flexibility index (Phi) is 4.54. The Labute approximate surface area is 234 Å². The number of benzene rings is 6. The number of fused-ring (bicyclic) bond motifs is 1. The Morgan fingerprint density at radius 2 is 1.12 bits per heavy atom. The molecular weight excluding hydrogens is 508 g/mol. The van der Waals surface area contributed by atoms with E-state index in [0.29, 0.717) is 0 Å². The fourth-order valence-electron chi connectivity index (χ4n) is 6.03. The van der Waals surface area contributed by atoms with Crippen molar-refractivity contribution in [2.75, 3.05) is 0 Å². The predicted molar refractivity (Wildman–Crippen MR) is 165 cm³/mol. The van der Waals surface area contributed by atoms with E-state index in [2.05, 4.69) is 91.0 Å². The van der Waals surface area contributed by atoms with Crippen LogP contribution >= 0.6 is 11.8 Å². The van der Waals surface area contributed by atoms with Gasteiger partial charge in [0.2, 0.25) is 0 Å². The highest BCUT2D eigenvalue weighted by Crippen LogP contribution is 2.51. The second-order valence-corrected chi connectivity index (χ2v) is 11.2. The van der Waals surface area contributed by atoms with Crippen LogP contribution in [0.1, 0.15) is 0 Å². The molecule has 8 aromatic rings. The van der Waals surface area contributed by atoms with Crippen molar-refractivity contribution < 1.29 is 4.42 Å². The number of rotatable bonds is 3. The average Bonchev–Trinajstić information content (AvgIpc) is 3.40. The minimum absolute atomic E-state index is 0.862. The van der Waals surface area contributed by atoms with Crippen LogP contribution in [0.3, 0.4) is 0 Å². The molecule has 0 N–H and O–H groups in total. The van der Waals surface area contributed by atoms with Gasteiger partial charge < -0.3 is 4.42 Å². The summed E-state index contributed by atoms with van der Waals surface area (Å²) in [5.74, 6) is 0. The van der Waals surface area contributed by atoms with Crippen LogP contribution in [0.5, 0.6) is 0 Å². The van der Waals surface area contributed by atoms with Crippen LogP contribution in [-0.2, 0) is 0 Å². The first-order chi connectivity index (χ1) is 19.8. The monoisotopic (exact) mass is 528 g/mol. The summed E-state index contributed by atoms with van der Waals surface area (Å²) in [6, 6.07) is 42.3. The van der Waals surface area contributed by atoms with Gasteiger partial charge in [0.25, 0.3) is 0 Å². The summed E-state index contributed by atoms with van der Waals surface area (Å²) in [6.07, 6.45) is 0. The van der Waals surface area contributed by atoms with E-state index in [9.17, 15) is 0 Å². The largest absolute Gasteiger partial charge is 0.456 e. The number of furan rings is 1. The fraction of sp³-hybridized carbons (Fsp3) is 0. The number of hydrogen-bond donors (Lipinski definition) is 0. The van der Waals surface area contributed by atoms with Crippen molar-refractivity contribution in [2.45, 2.75) is 9.79 Å². The van der Waals surface area contributed by atoms with Gasteiger partial charge in [0.15, 0.2) is 0 Å². The van der Waals surface area contributed by atoms with Crippen LogP contribution in [-0.4, -0.2) is 9.97 Å². The summed E-state index contributed by atoms with van der Waals surface area (Å²) in [7, 11) is 0. The van der Waals surface area contributed by atoms with E-state index in [0.717, 1.165) is 44.7 Å². The molecule has 4 heteroatoms. The fourth-order valence-corrected chi connectivity index (χ4v) is 7.18. The smallest absolute Gasteiger partial charge is 0.136 e. The third-order valence-electron chi connectivity index (χ3n) is 7.86. The first-order valence-electron chi connectivity index (χ1n) is 13.3. The molecule has 186 valence electrons. The maximum Gasteiger partial charge on any atom is 0.136 e. The normalized spacial score (nSPS) is 12.4. The highest BCUT2D eigenvalue weighted by molar-refractivity contribution is 8.00. The molecule has 0 amide bonds. The van der Waals surface area contributed by atoms with Gasteiger partial charge in [0.05, 0.1) is 22.4 Å².